The molecule has 1 amide bonds. The van der Waals surface area contributed by atoms with E-state index in [1.807, 2.05) is 35.2 Å². The first-order valence-electron chi connectivity index (χ1n) is 8.30. The van der Waals surface area contributed by atoms with Crippen LogP contribution in [0.25, 0.3) is 0 Å². The zero-order valence-electron chi connectivity index (χ0n) is 14.7. The summed E-state index contributed by atoms with van der Waals surface area (Å²) in [4.78, 5) is 16.6. The smallest absolute Gasteiger partial charge is 0.257 e. The van der Waals surface area contributed by atoms with Crippen molar-refractivity contribution >= 4 is 52.3 Å². The second-order valence-corrected chi connectivity index (χ2v) is 8.07. The van der Waals surface area contributed by atoms with Gasteiger partial charge in [-0.2, -0.15) is 0 Å². The maximum absolute atomic E-state index is 13.0. The van der Waals surface area contributed by atoms with Crippen LogP contribution in [0.15, 0.2) is 42.5 Å². The van der Waals surface area contributed by atoms with Crippen LogP contribution in [0.2, 0.25) is 5.02 Å². The van der Waals surface area contributed by atoms with E-state index >= 15 is 0 Å². The van der Waals surface area contributed by atoms with Gasteiger partial charge in [0, 0.05) is 10.8 Å². The fourth-order valence-corrected chi connectivity index (χ4v) is 5.41. The molecule has 8 heteroatoms. The topological polar surface area (TPSA) is 42.0 Å². The Morgan fingerprint density at radius 2 is 1.81 bits per heavy atom. The zero-order valence-corrected chi connectivity index (χ0v) is 17.1. The number of nitrogens with zero attached hydrogens (tertiary/aromatic N) is 2. The van der Waals surface area contributed by atoms with Crippen molar-refractivity contribution in [2.24, 2.45) is 0 Å². The van der Waals surface area contributed by atoms with Crippen molar-refractivity contribution < 1.29 is 14.3 Å². The van der Waals surface area contributed by atoms with Crippen LogP contribution in [-0.4, -0.2) is 41.9 Å². The van der Waals surface area contributed by atoms with Crippen LogP contribution in [0.5, 0.6) is 11.5 Å². The van der Waals surface area contributed by atoms with E-state index in [4.69, 9.17) is 33.3 Å². The first-order chi connectivity index (χ1) is 13.0. The van der Waals surface area contributed by atoms with E-state index in [1.165, 1.54) is 0 Å². The van der Waals surface area contributed by atoms with Crippen molar-refractivity contribution in [3.05, 3.63) is 53.1 Å². The van der Waals surface area contributed by atoms with Gasteiger partial charge in [0.25, 0.3) is 5.91 Å². The third-order valence-electron chi connectivity index (χ3n) is 4.70. The van der Waals surface area contributed by atoms with Crippen molar-refractivity contribution in [2.45, 2.75) is 11.4 Å². The largest absolute Gasteiger partial charge is 0.493 e. The van der Waals surface area contributed by atoms with Gasteiger partial charge in [0.1, 0.15) is 11.4 Å². The molecule has 0 radical (unpaired) electrons. The standard InChI is InChI=1S/C19H17ClN2O3S2/c1-24-15-8-3-11(9-16(15)25-2)18-22-14(10-27-18)17(23)21(19(22)26)13-6-4-12(20)5-7-13/h3-9,14,18H,10H2,1-2H3/t14-,18+/m1/s1. The van der Waals surface area contributed by atoms with Gasteiger partial charge in [-0.15, -0.1) is 11.8 Å². The molecule has 27 heavy (non-hydrogen) atoms. The fourth-order valence-electron chi connectivity index (χ4n) is 3.38. The Hall–Kier alpha value is -1.96. The Morgan fingerprint density at radius 1 is 1.11 bits per heavy atom. The molecule has 0 aromatic heterocycles. The monoisotopic (exact) mass is 420 g/mol. The SMILES string of the molecule is COc1ccc([C@@H]2SC[C@@H]3C(=O)N(c4ccc(Cl)cc4)C(=S)N32)cc1OC. The summed E-state index contributed by atoms with van der Waals surface area (Å²) in [6.45, 7) is 0. The molecule has 140 valence electrons. The second-order valence-electron chi connectivity index (χ2n) is 6.16. The van der Waals surface area contributed by atoms with Crippen LogP contribution in [0.4, 0.5) is 5.69 Å². The number of methoxy groups -OCH3 is 2. The number of benzene rings is 2. The summed E-state index contributed by atoms with van der Waals surface area (Å²) in [6.07, 6.45) is 0. The highest BCUT2D eigenvalue weighted by Crippen LogP contribution is 2.47. The van der Waals surface area contributed by atoms with Gasteiger partial charge in [-0.1, -0.05) is 17.7 Å². The highest BCUT2D eigenvalue weighted by molar-refractivity contribution is 7.99. The molecule has 0 saturated carbocycles. The van der Waals surface area contributed by atoms with Gasteiger partial charge in [-0.3, -0.25) is 9.69 Å². The lowest BCUT2D eigenvalue weighted by Gasteiger charge is -2.26. The second kappa shape index (κ2) is 7.22. The summed E-state index contributed by atoms with van der Waals surface area (Å²) >= 11 is 13.4. The van der Waals surface area contributed by atoms with Gasteiger partial charge in [-0.25, -0.2) is 0 Å². The van der Waals surface area contributed by atoms with E-state index in [1.54, 1.807) is 43.0 Å². The van der Waals surface area contributed by atoms with Gasteiger partial charge in [0.2, 0.25) is 0 Å². The molecule has 2 saturated heterocycles. The minimum atomic E-state index is -0.267. The Labute approximate surface area is 172 Å². The van der Waals surface area contributed by atoms with E-state index in [-0.39, 0.29) is 17.3 Å². The van der Waals surface area contributed by atoms with E-state index < -0.39 is 0 Å². The molecule has 2 aromatic carbocycles. The zero-order chi connectivity index (χ0) is 19.1. The van der Waals surface area contributed by atoms with Gasteiger partial charge < -0.3 is 14.4 Å². The molecule has 0 unspecified atom stereocenters. The maximum Gasteiger partial charge on any atom is 0.257 e. The van der Waals surface area contributed by atoms with E-state index in [0.717, 1.165) is 11.3 Å². The molecule has 2 aliphatic rings. The van der Waals surface area contributed by atoms with Crippen LogP contribution in [-0.2, 0) is 4.79 Å². The molecule has 2 aliphatic heterocycles. The lowest BCUT2D eigenvalue weighted by atomic mass is 10.1. The Balaban J connectivity index is 1.67. The number of halogens is 1. The number of rotatable bonds is 4. The highest BCUT2D eigenvalue weighted by atomic mass is 35.5. The number of hydrogen-bond donors (Lipinski definition) is 0. The summed E-state index contributed by atoms with van der Waals surface area (Å²) in [5.41, 5.74) is 1.76. The van der Waals surface area contributed by atoms with Gasteiger partial charge in [-0.05, 0) is 54.2 Å². The molecule has 5 nitrogen and oxygen atoms in total. The highest BCUT2D eigenvalue weighted by Gasteiger charge is 2.50. The quantitative estimate of drug-likeness (QED) is 0.693. The summed E-state index contributed by atoms with van der Waals surface area (Å²) in [7, 11) is 3.22. The van der Waals surface area contributed by atoms with E-state index in [2.05, 4.69) is 0 Å². The van der Waals surface area contributed by atoms with Crippen LogP contribution < -0.4 is 14.4 Å². The number of fused-ring (bicyclic) bond motifs is 1. The summed E-state index contributed by atoms with van der Waals surface area (Å²) in [5, 5.41) is 1.08. The fraction of sp³-hybridized carbons (Fsp3) is 0.263. The maximum atomic E-state index is 13.0. The Morgan fingerprint density at radius 3 is 2.48 bits per heavy atom. The molecule has 2 fully saturated rings. The molecular weight excluding hydrogens is 404 g/mol. The number of amides is 1. The molecule has 0 spiro atoms. The molecule has 4 rings (SSSR count). The molecule has 2 heterocycles. The number of hydrogen-bond acceptors (Lipinski definition) is 5. The molecule has 2 aromatic rings. The Kier molecular flexibility index (Phi) is 4.92. The molecule has 0 aliphatic carbocycles. The molecule has 0 bridgehead atoms. The number of thiocarbonyl (C=S) groups is 1. The summed E-state index contributed by atoms with van der Waals surface area (Å²) in [5.74, 6) is 2.01. The van der Waals surface area contributed by atoms with Crippen LogP contribution in [0.1, 0.15) is 10.9 Å². The average molecular weight is 421 g/mol. The lowest BCUT2D eigenvalue weighted by Crippen LogP contribution is -2.33. The molecule has 0 N–H and O–H groups in total. The Bertz CT molecular complexity index is 906. The number of thioether (sulfide) groups is 1. The summed E-state index contributed by atoms with van der Waals surface area (Å²) < 4.78 is 10.7. The number of anilines is 1. The third kappa shape index (κ3) is 3.03. The normalized spacial score (nSPS) is 21.6. The van der Waals surface area contributed by atoms with Crippen molar-refractivity contribution in [3.8, 4) is 11.5 Å². The number of carbonyl (C=O) groups is 1. The average Bonchev–Trinajstić information content (AvgIpc) is 3.23. The van der Waals surface area contributed by atoms with E-state index in [9.17, 15) is 4.79 Å². The van der Waals surface area contributed by atoms with Gasteiger partial charge >= 0.3 is 0 Å². The van der Waals surface area contributed by atoms with Crippen molar-refractivity contribution in [1.29, 1.82) is 0 Å². The first-order valence-corrected chi connectivity index (χ1v) is 10.1. The first kappa shape index (κ1) is 18.4. The van der Waals surface area contributed by atoms with Crippen molar-refractivity contribution in [2.75, 3.05) is 24.9 Å². The van der Waals surface area contributed by atoms with Crippen molar-refractivity contribution in [1.82, 2.24) is 4.90 Å². The predicted octanol–water partition coefficient (Wildman–Crippen LogP) is 4.10. The predicted molar refractivity (Wildman–Crippen MR) is 112 cm³/mol. The van der Waals surface area contributed by atoms with Gasteiger partial charge in [0.05, 0.1) is 19.9 Å². The van der Waals surface area contributed by atoms with Crippen LogP contribution >= 0.6 is 35.6 Å². The lowest BCUT2D eigenvalue weighted by molar-refractivity contribution is -0.119. The van der Waals surface area contributed by atoms with Crippen LogP contribution in [0.3, 0.4) is 0 Å². The molecular formula is C19H17ClN2O3S2. The number of carbonyl (C=O) groups excluding carboxylic acids is 1. The van der Waals surface area contributed by atoms with E-state index in [0.29, 0.717) is 27.4 Å². The van der Waals surface area contributed by atoms with Crippen LogP contribution in [0, 0.1) is 0 Å². The van der Waals surface area contributed by atoms with Gasteiger partial charge in [0.15, 0.2) is 16.6 Å². The third-order valence-corrected chi connectivity index (χ3v) is 6.66. The minimum Gasteiger partial charge on any atom is -0.493 e. The number of ether oxygens (including phenoxy) is 2. The summed E-state index contributed by atoms with van der Waals surface area (Å²) in [6, 6.07) is 12.7. The van der Waals surface area contributed by atoms with Crippen molar-refractivity contribution in [3.63, 3.8) is 0 Å². The molecule has 2 atom stereocenters. The minimum absolute atomic E-state index is 0.00204.